The third kappa shape index (κ3) is 4.98. The Hall–Kier alpha value is -1.68. The molecule has 0 atom stereocenters. The van der Waals surface area contributed by atoms with E-state index in [-0.39, 0.29) is 6.61 Å². The van der Waals surface area contributed by atoms with Crippen LogP contribution in [-0.2, 0) is 19.6 Å². The second-order valence-corrected chi connectivity index (χ2v) is 8.54. The summed E-state index contributed by atoms with van der Waals surface area (Å²) in [5, 5.41) is 8.56. The molecule has 1 N–H and O–H groups in total. The average Bonchev–Trinajstić information content (AvgIpc) is 2.62. The zero-order valence-electron chi connectivity index (χ0n) is 16.3. The van der Waals surface area contributed by atoms with Crippen molar-refractivity contribution in [2.45, 2.75) is 25.7 Å². The molecular formula is C18H28N2O6S. The number of ether oxygens (including phenoxy) is 2. The van der Waals surface area contributed by atoms with E-state index < -0.39 is 16.0 Å². The van der Waals surface area contributed by atoms with E-state index in [1.54, 1.807) is 20.1 Å². The number of carboxylic acid groups (broad SMARTS) is 1. The van der Waals surface area contributed by atoms with Crippen LogP contribution in [0.25, 0.3) is 0 Å². The van der Waals surface area contributed by atoms with E-state index in [1.807, 2.05) is 13.8 Å². The predicted octanol–water partition coefficient (Wildman–Crippen LogP) is 1.03. The summed E-state index contributed by atoms with van der Waals surface area (Å²) in [7, 11) is -2.01. The number of carbonyl (C=O) groups is 1. The van der Waals surface area contributed by atoms with E-state index in [0.717, 1.165) is 11.1 Å². The van der Waals surface area contributed by atoms with E-state index in [9.17, 15) is 13.2 Å². The molecule has 0 spiro atoms. The third-order valence-corrected chi connectivity index (χ3v) is 7.09. The summed E-state index contributed by atoms with van der Waals surface area (Å²) in [5.41, 5.74) is 2.23. The highest BCUT2D eigenvalue weighted by Gasteiger charge is 2.31. The first-order chi connectivity index (χ1) is 12.7. The van der Waals surface area contributed by atoms with E-state index in [4.69, 9.17) is 14.6 Å². The molecule has 0 bridgehead atoms. The topological polar surface area (TPSA) is 96.4 Å². The molecule has 0 saturated carbocycles. The molecule has 9 heteroatoms. The number of nitrogens with zero attached hydrogens (tertiary/aromatic N) is 2. The summed E-state index contributed by atoms with van der Waals surface area (Å²) >= 11 is 0. The lowest BCUT2D eigenvalue weighted by Crippen LogP contribution is -2.49. The van der Waals surface area contributed by atoms with Crippen molar-refractivity contribution in [3.8, 4) is 5.75 Å². The number of aryl methyl sites for hydroxylation is 1. The van der Waals surface area contributed by atoms with Crippen LogP contribution >= 0.6 is 0 Å². The van der Waals surface area contributed by atoms with Crippen LogP contribution in [0.4, 0.5) is 0 Å². The molecule has 1 aromatic rings. The van der Waals surface area contributed by atoms with E-state index in [1.165, 1.54) is 4.31 Å². The maximum Gasteiger partial charge on any atom is 0.329 e. The fraction of sp³-hybridized carbons (Fsp3) is 0.611. The fourth-order valence-corrected chi connectivity index (χ4v) is 5.21. The number of rotatable bonds is 8. The van der Waals surface area contributed by atoms with Gasteiger partial charge in [0.25, 0.3) is 0 Å². The van der Waals surface area contributed by atoms with Crippen molar-refractivity contribution in [1.82, 2.24) is 9.21 Å². The van der Waals surface area contributed by atoms with Gasteiger partial charge in [-0.2, -0.15) is 4.31 Å². The molecule has 0 unspecified atom stereocenters. The lowest BCUT2D eigenvalue weighted by atomic mass is 10.1. The molecule has 1 aromatic carbocycles. The van der Waals surface area contributed by atoms with Crippen LogP contribution in [0.2, 0.25) is 0 Å². The molecule has 1 fully saturated rings. The first-order valence-corrected chi connectivity index (χ1v) is 10.3. The van der Waals surface area contributed by atoms with Crippen molar-refractivity contribution in [2.75, 3.05) is 53.0 Å². The lowest BCUT2D eigenvalue weighted by Gasteiger charge is -2.34. The third-order valence-electron chi connectivity index (χ3n) is 4.90. The van der Waals surface area contributed by atoms with Crippen LogP contribution in [0.1, 0.15) is 16.7 Å². The van der Waals surface area contributed by atoms with E-state index >= 15 is 0 Å². The van der Waals surface area contributed by atoms with Gasteiger partial charge in [-0.05, 0) is 43.5 Å². The van der Waals surface area contributed by atoms with Crippen molar-refractivity contribution in [1.29, 1.82) is 0 Å². The molecule has 2 rings (SSSR count). The Kier molecular flexibility index (Phi) is 7.21. The zero-order valence-corrected chi connectivity index (χ0v) is 17.1. The average molecular weight is 400 g/mol. The highest BCUT2D eigenvalue weighted by Crippen LogP contribution is 2.32. The normalized spacial score (nSPS) is 16.4. The van der Waals surface area contributed by atoms with Crippen molar-refractivity contribution < 1.29 is 27.8 Å². The minimum Gasteiger partial charge on any atom is -0.496 e. The Morgan fingerprint density at radius 2 is 1.78 bits per heavy atom. The number of aliphatic carboxylic acids is 1. The van der Waals surface area contributed by atoms with Gasteiger partial charge in [-0.25, -0.2) is 13.2 Å². The zero-order chi connectivity index (χ0) is 20.2. The Morgan fingerprint density at radius 3 is 2.33 bits per heavy atom. The van der Waals surface area contributed by atoms with Gasteiger partial charge >= 0.3 is 5.97 Å². The largest absolute Gasteiger partial charge is 0.496 e. The summed E-state index contributed by atoms with van der Waals surface area (Å²) in [4.78, 5) is 12.9. The van der Waals surface area contributed by atoms with Crippen molar-refractivity contribution in [2.24, 2.45) is 0 Å². The van der Waals surface area contributed by atoms with Crippen LogP contribution in [0.5, 0.6) is 5.75 Å². The van der Waals surface area contributed by atoms with Gasteiger partial charge in [0.2, 0.25) is 10.0 Å². The van der Waals surface area contributed by atoms with Gasteiger partial charge in [-0.1, -0.05) is 0 Å². The number of hydrogen-bond acceptors (Lipinski definition) is 6. The molecule has 0 aromatic heterocycles. The molecule has 1 aliphatic rings. The smallest absolute Gasteiger partial charge is 0.329 e. The molecule has 0 aliphatic carbocycles. The van der Waals surface area contributed by atoms with Crippen molar-refractivity contribution >= 4 is 16.0 Å². The minimum atomic E-state index is -3.59. The number of piperazine rings is 1. The summed E-state index contributed by atoms with van der Waals surface area (Å²) in [6.45, 7) is 8.01. The lowest BCUT2D eigenvalue weighted by molar-refractivity contribution is -0.142. The van der Waals surface area contributed by atoms with Crippen LogP contribution in [0, 0.1) is 20.8 Å². The van der Waals surface area contributed by atoms with E-state index in [0.29, 0.717) is 55.5 Å². The summed E-state index contributed by atoms with van der Waals surface area (Å²) < 4.78 is 38.3. The summed E-state index contributed by atoms with van der Waals surface area (Å²) in [6.07, 6.45) is 0. The minimum absolute atomic E-state index is 0.314. The SMILES string of the molecule is COc1cc(C)c(S(=O)(=O)N2CCN(CCOCC(=O)O)CC2)c(C)c1C. The molecular weight excluding hydrogens is 372 g/mol. The molecule has 1 aliphatic heterocycles. The molecule has 1 heterocycles. The molecule has 8 nitrogen and oxygen atoms in total. The molecule has 0 amide bonds. The first kappa shape index (κ1) is 21.6. The van der Waals surface area contributed by atoms with E-state index in [2.05, 4.69) is 4.90 Å². The Bertz CT molecular complexity index is 786. The second kappa shape index (κ2) is 9.01. The predicted molar refractivity (Wildman–Crippen MR) is 101 cm³/mol. The quantitative estimate of drug-likeness (QED) is 0.651. The van der Waals surface area contributed by atoms with Gasteiger partial charge in [0, 0.05) is 32.7 Å². The van der Waals surface area contributed by atoms with Crippen LogP contribution in [-0.4, -0.2) is 81.7 Å². The highest BCUT2D eigenvalue weighted by molar-refractivity contribution is 7.89. The molecule has 1 saturated heterocycles. The number of benzene rings is 1. The summed E-state index contributed by atoms with van der Waals surface area (Å²) in [5.74, 6) is -0.304. The van der Waals surface area contributed by atoms with Gasteiger partial charge in [0.1, 0.15) is 12.4 Å². The Labute approximate surface area is 160 Å². The number of hydrogen-bond donors (Lipinski definition) is 1. The van der Waals surface area contributed by atoms with Crippen molar-refractivity contribution in [3.63, 3.8) is 0 Å². The monoisotopic (exact) mass is 400 g/mol. The summed E-state index contributed by atoms with van der Waals surface area (Å²) in [6, 6.07) is 1.77. The maximum absolute atomic E-state index is 13.2. The number of methoxy groups -OCH3 is 1. The van der Waals surface area contributed by atoms with Crippen LogP contribution < -0.4 is 4.74 Å². The second-order valence-electron chi connectivity index (χ2n) is 6.67. The first-order valence-electron chi connectivity index (χ1n) is 8.85. The molecule has 27 heavy (non-hydrogen) atoms. The number of carboxylic acids is 1. The maximum atomic E-state index is 13.2. The standard InChI is InChI=1S/C18H28N2O6S/c1-13-11-16(25-4)14(2)15(3)18(13)27(23,24)20-7-5-19(6-8-20)9-10-26-12-17(21)22/h11H,5-10,12H2,1-4H3,(H,21,22). The molecule has 0 radical (unpaired) electrons. The fourth-order valence-electron chi connectivity index (χ4n) is 3.31. The van der Waals surface area contributed by atoms with Gasteiger partial charge < -0.3 is 14.6 Å². The van der Waals surface area contributed by atoms with Crippen LogP contribution in [0.15, 0.2) is 11.0 Å². The van der Waals surface area contributed by atoms with Gasteiger partial charge in [-0.15, -0.1) is 0 Å². The Balaban J connectivity index is 2.05. The van der Waals surface area contributed by atoms with Gasteiger partial charge in [0.05, 0.1) is 18.6 Å². The van der Waals surface area contributed by atoms with Gasteiger partial charge in [0.15, 0.2) is 0 Å². The van der Waals surface area contributed by atoms with Gasteiger partial charge in [-0.3, -0.25) is 4.90 Å². The number of sulfonamides is 1. The Morgan fingerprint density at radius 1 is 1.15 bits per heavy atom. The highest BCUT2D eigenvalue weighted by atomic mass is 32.2. The van der Waals surface area contributed by atoms with Crippen molar-refractivity contribution in [3.05, 3.63) is 22.8 Å². The van der Waals surface area contributed by atoms with Crippen LogP contribution in [0.3, 0.4) is 0 Å². The molecule has 152 valence electrons.